The summed E-state index contributed by atoms with van der Waals surface area (Å²) in [5.41, 5.74) is 3.68. The largest absolute Gasteiger partial charge is 0.388 e. The fraction of sp³-hybridized carbons (Fsp3) is 0.231. The van der Waals surface area contributed by atoms with E-state index in [1.54, 1.807) is 0 Å². The molecule has 0 aliphatic rings. The summed E-state index contributed by atoms with van der Waals surface area (Å²) in [5, 5.41) is 6.91. The van der Waals surface area contributed by atoms with Crippen LogP contribution in [0.2, 0.25) is 0 Å². The minimum Gasteiger partial charge on any atom is -0.388 e. The molecule has 1 aromatic carbocycles. The molecule has 0 bridgehead atoms. The third-order valence-corrected chi connectivity index (χ3v) is 2.53. The topological polar surface area (TPSA) is 54.0 Å². The molecule has 0 spiro atoms. The standard InChI is InChI=1S/C13H15N3O/c1-8-6-13(14-3)11-7-10(16-9(2)17)4-5-12(11)15-8/h4-7H,1-3H3,(H,14,15)(H,16,17). The van der Waals surface area contributed by atoms with E-state index in [-0.39, 0.29) is 5.91 Å². The van der Waals surface area contributed by atoms with Crippen LogP contribution in [-0.2, 0) is 4.79 Å². The molecule has 0 atom stereocenters. The summed E-state index contributed by atoms with van der Waals surface area (Å²) in [6.07, 6.45) is 0. The van der Waals surface area contributed by atoms with E-state index in [9.17, 15) is 4.79 Å². The first kappa shape index (κ1) is 11.4. The summed E-state index contributed by atoms with van der Waals surface area (Å²) in [6, 6.07) is 7.68. The fourth-order valence-electron chi connectivity index (χ4n) is 1.85. The number of benzene rings is 1. The summed E-state index contributed by atoms with van der Waals surface area (Å²) >= 11 is 0. The number of aromatic nitrogens is 1. The first-order valence-electron chi connectivity index (χ1n) is 5.47. The van der Waals surface area contributed by atoms with Crippen LogP contribution in [0.15, 0.2) is 24.3 Å². The Bertz CT molecular complexity index is 578. The summed E-state index contributed by atoms with van der Waals surface area (Å²) in [7, 11) is 1.87. The Morgan fingerprint density at radius 3 is 2.71 bits per heavy atom. The minimum absolute atomic E-state index is 0.0737. The number of anilines is 2. The second-order valence-electron chi connectivity index (χ2n) is 3.97. The molecule has 1 amide bonds. The predicted molar refractivity (Wildman–Crippen MR) is 70.3 cm³/mol. The van der Waals surface area contributed by atoms with Crippen LogP contribution in [0.4, 0.5) is 11.4 Å². The maximum atomic E-state index is 11.0. The summed E-state index contributed by atoms with van der Waals surface area (Å²) in [5.74, 6) is -0.0737. The molecule has 0 aliphatic heterocycles. The molecule has 2 aromatic rings. The molecule has 17 heavy (non-hydrogen) atoms. The molecule has 0 saturated carbocycles. The van der Waals surface area contributed by atoms with E-state index >= 15 is 0 Å². The molecule has 0 fully saturated rings. The van der Waals surface area contributed by atoms with Gasteiger partial charge in [-0.1, -0.05) is 0 Å². The highest BCUT2D eigenvalue weighted by Gasteiger charge is 2.04. The highest BCUT2D eigenvalue weighted by atomic mass is 16.1. The van der Waals surface area contributed by atoms with Crippen LogP contribution in [0.5, 0.6) is 0 Å². The maximum Gasteiger partial charge on any atom is 0.221 e. The number of nitrogens with one attached hydrogen (secondary N) is 2. The van der Waals surface area contributed by atoms with Gasteiger partial charge in [0.15, 0.2) is 0 Å². The molecular weight excluding hydrogens is 214 g/mol. The molecule has 0 aliphatic carbocycles. The zero-order valence-corrected chi connectivity index (χ0v) is 10.2. The van der Waals surface area contributed by atoms with E-state index < -0.39 is 0 Å². The van der Waals surface area contributed by atoms with Crippen molar-refractivity contribution in [3.05, 3.63) is 30.0 Å². The lowest BCUT2D eigenvalue weighted by Crippen LogP contribution is -2.05. The molecule has 0 radical (unpaired) electrons. The molecule has 2 N–H and O–H groups in total. The number of carbonyl (C=O) groups excluding carboxylic acids is 1. The van der Waals surface area contributed by atoms with E-state index in [1.807, 2.05) is 38.2 Å². The minimum atomic E-state index is -0.0737. The molecule has 2 rings (SSSR count). The Labute approximate surface area is 100 Å². The molecule has 0 unspecified atom stereocenters. The Morgan fingerprint density at radius 2 is 2.06 bits per heavy atom. The maximum absolute atomic E-state index is 11.0. The summed E-state index contributed by atoms with van der Waals surface area (Å²) in [4.78, 5) is 15.5. The molecule has 0 saturated heterocycles. The lowest BCUT2D eigenvalue weighted by atomic mass is 10.1. The smallest absolute Gasteiger partial charge is 0.221 e. The summed E-state index contributed by atoms with van der Waals surface area (Å²) in [6.45, 7) is 3.46. The highest BCUT2D eigenvalue weighted by molar-refractivity contribution is 5.97. The van der Waals surface area contributed by atoms with Gasteiger partial charge in [0.2, 0.25) is 5.91 Å². The van der Waals surface area contributed by atoms with Crippen LogP contribution >= 0.6 is 0 Å². The van der Waals surface area contributed by atoms with Crippen molar-refractivity contribution in [2.24, 2.45) is 0 Å². The number of fused-ring (bicyclic) bond motifs is 1. The average molecular weight is 229 g/mol. The van der Waals surface area contributed by atoms with Crippen molar-refractivity contribution in [3.63, 3.8) is 0 Å². The van der Waals surface area contributed by atoms with Gasteiger partial charge in [0.05, 0.1) is 5.52 Å². The number of nitrogens with zero attached hydrogens (tertiary/aromatic N) is 1. The number of amides is 1. The highest BCUT2D eigenvalue weighted by Crippen LogP contribution is 2.25. The van der Waals surface area contributed by atoms with Crippen LogP contribution in [0.25, 0.3) is 10.9 Å². The average Bonchev–Trinajstić information content (AvgIpc) is 2.27. The number of pyridine rings is 1. The monoisotopic (exact) mass is 229 g/mol. The van der Waals surface area contributed by atoms with Gasteiger partial charge in [0.25, 0.3) is 0 Å². The van der Waals surface area contributed by atoms with Crippen molar-refractivity contribution >= 4 is 28.2 Å². The Hall–Kier alpha value is -2.10. The van der Waals surface area contributed by atoms with Gasteiger partial charge in [-0.15, -0.1) is 0 Å². The van der Waals surface area contributed by atoms with Crippen molar-refractivity contribution in [3.8, 4) is 0 Å². The van der Waals surface area contributed by atoms with Crippen molar-refractivity contribution in [2.75, 3.05) is 17.7 Å². The Kier molecular flexibility index (Phi) is 2.95. The number of hydrogen-bond donors (Lipinski definition) is 2. The van der Waals surface area contributed by atoms with E-state index in [4.69, 9.17) is 0 Å². The van der Waals surface area contributed by atoms with Gasteiger partial charge >= 0.3 is 0 Å². The van der Waals surface area contributed by atoms with Gasteiger partial charge < -0.3 is 10.6 Å². The van der Waals surface area contributed by atoms with Gasteiger partial charge in [-0.2, -0.15) is 0 Å². The lowest BCUT2D eigenvalue weighted by molar-refractivity contribution is -0.114. The van der Waals surface area contributed by atoms with E-state index in [0.29, 0.717) is 0 Å². The molecule has 4 heteroatoms. The van der Waals surface area contributed by atoms with Crippen LogP contribution in [0, 0.1) is 6.92 Å². The number of carbonyl (C=O) groups is 1. The molecule has 1 heterocycles. The van der Waals surface area contributed by atoms with Crippen LogP contribution in [0.3, 0.4) is 0 Å². The van der Waals surface area contributed by atoms with Gasteiger partial charge in [0, 0.05) is 36.4 Å². The number of rotatable bonds is 2. The second kappa shape index (κ2) is 4.41. The number of aryl methyl sites for hydroxylation is 1. The van der Waals surface area contributed by atoms with Gasteiger partial charge in [-0.05, 0) is 31.2 Å². The molecule has 4 nitrogen and oxygen atoms in total. The molecular formula is C13H15N3O. The van der Waals surface area contributed by atoms with Crippen molar-refractivity contribution < 1.29 is 4.79 Å². The first-order valence-corrected chi connectivity index (χ1v) is 5.47. The predicted octanol–water partition coefficient (Wildman–Crippen LogP) is 2.54. The summed E-state index contributed by atoms with van der Waals surface area (Å²) < 4.78 is 0. The SMILES string of the molecule is CNc1cc(C)nc2ccc(NC(C)=O)cc12. The van der Waals surface area contributed by atoms with Crippen molar-refractivity contribution in [1.82, 2.24) is 4.98 Å². The third kappa shape index (κ3) is 2.36. The molecule has 1 aromatic heterocycles. The zero-order valence-electron chi connectivity index (χ0n) is 10.2. The zero-order chi connectivity index (χ0) is 12.4. The Morgan fingerprint density at radius 1 is 1.29 bits per heavy atom. The van der Waals surface area contributed by atoms with Crippen LogP contribution < -0.4 is 10.6 Å². The second-order valence-corrected chi connectivity index (χ2v) is 3.97. The first-order chi connectivity index (χ1) is 8.10. The van der Waals surface area contributed by atoms with Gasteiger partial charge in [-0.25, -0.2) is 0 Å². The van der Waals surface area contributed by atoms with E-state index in [1.165, 1.54) is 6.92 Å². The van der Waals surface area contributed by atoms with Crippen LogP contribution in [0.1, 0.15) is 12.6 Å². The Balaban J connectivity index is 2.59. The van der Waals surface area contributed by atoms with E-state index in [2.05, 4.69) is 15.6 Å². The van der Waals surface area contributed by atoms with Crippen LogP contribution in [-0.4, -0.2) is 17.9 Å². The fourth-order valence-corrected chi connectivity index (χ4v) is 1.85. The molecule has 88 valence electrons. The van der Waals surface area contributed by atoms with Crippen molar-refractivity contribution in [2.45, 2.75) is 13.8 Å². The van der Waals surface area contributed by atoms with Gasteiger partial charge in [-0.3, -0.25) is 9.78 Å². The van der Waals surface area contributed by atoms with Crippen molar-refractivity contribution in [1.29, 1.82) is 0 Å². The number of hydrogen-bond acceptors (Lipinski definition) is 3. The van der Waals surface area contributed by atoms with E-state index in [0.717, 1.165) is 28.0 Å². The lowest BCUT2D eigenvalue weighted by Gasteiger charge is -2.09. The quantitative estimate of drug-likeness (QED) is 0.832. The van der Waals surface area contributed by atoms with Gasteiger partial charge in [0.1, 0.15) is 0 Å². The third-order valence-electron chi connectivity index (χ3n) is 2.53. The normalized spacial score (nSPS) is 10.3.